The Morgan fingerprint density at radius 3 is 2.93 bits per heavy atom. The molecule has 1 aromatic heterocycles. The van der Waals surface area contributed by atoms with Crippen molar-refractivity contribution in [2.75, 3.05) is 6.54 Å². The molecule has 3 heteroatoms. The quantitative estimate of drug-likeness (QED) is 0.822. The fourth-order valence-electron chi connectivity index (χ4n) is 2.32. The van der Waals surface area contributed by atoms with E-state index >= 15 is 0 Å². The third-order valence-corrected chi connectivity index (χ3v) is 3.02. The molecule has 3 nitrogen and oxygen atoms in total. The van der Waals surface area contributed by atoms with Crippen molar-refractivity contribution in [3.8, 4) is 0 Å². The van der Waals surface area contributed by atoms with Crippen molar-refractivity contribution in [2.24, 2.45) is 0 Å². The van der Waals surface area contributed by atoms with E-state index in [1.165, 1.54) is 23.4 Å². The minimum atomic E-state index is 0.476. The Labute approximate surface area is 91.9 Å². The van der Waals surface area contributed by atoms with Crippen LogP contribution in [-0.4, -0.2) is 16.3 Å². The van der Waals surface area contributed by atoms with Crippen molar-refractivity contribution >= 4 is 0 Å². The average molecular weight is 207 g/mol. The molecular formula is C12H21N3. The lowest BCUT2D eigenvalue weighted by Gasteiger charge is -2.17. The number of rotatable bonds is 3. The number of aryl methyl sites for hydroxylation is 1. The standard InChI is InChI=1S/C12H21N3/c1-4-5-11-10-6-7-13-8-12(10)15(14-11)9(2)3/h9,13H,4-8H2,1-3H3. The van der Waals surface area contributed by atoms with Crippen molar-refractivity contribution in [3.63, 3.8) is 0 Å². The van der Waals surface area contributed by atoms with Crippen molar-refractivity contribution in [3.05, 3.63) is 17.0 Å². The van der Waals surface area contributed by atoms with Gasteiger partial charge in [-0.1, -0.05) is 13.3 Å². The Morgan fingerprint density at radius 2 is 2.27 bits per heavy atom. The predicted molar refractivity (Wildman–Crippen MR) is 62.0 cm³/mol. The molecule has 1 N–H and O–H groups in total. The van der Waals surface area contributed by atoms with E-state index in [2.05, 4.69) is 30.8 Å². The number of nitrogens with zero attached hydrogens (tertiary/aromatic N) is 2. The molecule has 0 bridgehead atoms. The number of nitrogens with one attached hydrogen (secondary N) is 1. The summed E-state index contributed by atoms with van der Waals surface area (Å²) in [4.78, 5) is 0. The largest absolute Gasteiger partial charge is 0.311 e. The van der Waals surface area contributed by atoms with Gasteiger partial charge in [0.25, 0.3) is 0 Å². The molecule has 0 saturated heterocycles. The molecule has 1 aliphatic heterocycles. The molecule has 0 fully saturated rings. The van der Waals surface area contributed by atoms with Gasteiger partial charge in [-0.05, 0) is 38.8 Å². The summed E-state index contributed by atoms with van der Waals surface area (Å²) in [6, 6.07) is 0.476. The molecule has 0 aromatic carbocycles. The van der Waals surface area contributed by atoms with Crippen LogP contribution in [0.3, 0.4) is 0 Å². The molecule has 0 saturated carbocycles. The number of hydrogen-bond donors (Lipinski definition) is 1. The zero-order valence-electron chi connectivity index (χ0n) is 10.0. The van der Waals surface area contributed by atoms with E-state index < -0.39 is 0 Å². The first kappa shape index (κ1) is 10.7. The Kier molecular flexibility index (Phi) is 3.10. The van der Waals surface area contributed by atoms with Gasteiger partial charge in [-0.3, -0.25) is 4.68 Å². The van der Waals surface area contributed by atoms with Crippen LogP contribution in [0.4, 0.5) is 0 Å². The van der Waals surface area contributed by atoms with Gasteiger partial charge in [-0.25, -0.2) is 0 Å². The Hall–Kier alpha value is -0.830. The van der Waals surface area contributed by atoms with Crippen LogP contribution in [0.1, 0.15) is 50.2 Å². The maximum atomic E-state index is 4.76. The summed E-state index contributed by atoms with van der Waals surface area (Å²) in [5.41, 5.74) is 4.27. The highest BCUT2D eigenvalue weighted by molar-refractivity contribution is 5.29. The Balaban J connectivity index is 2.40. The zero-order valence-corrected chi connectivity index (χ0v) is 10.0. The van der Waals surface area contributed by atoms with Crippen LogP contribution in [0.5, 0.6) is 0 Å². The highest BCUT2D eigenvalue weighted by atomic mass is 15.3. The summed E-state index contributed by atoms with van der Waals surface area (Å²) < 4.78 is 2.20. The van der Waals surface area contributed by atoms with E-state index in [0.29, 0.717) is 6.04 Å². The van der Waals surface area contributed by atoms with E-state index in [1.54, 1.807) is 0 Å². The molecule has 1 aliphatic rings. The molecule has 2 rings (SSSR count). The summed E-state index contributed by atoms with van der Waals surface area (Å²) in [5.74, 6) is 0. The van der Waals surface area contributed by atoms with E-state index in [9.17, 15) is 0 Å². The first-order valence-corrected chi connectivity index (χ1v) is 6.03. The molecule has 0 radical (unpaired) electrons. The monoisotopic (exact) mass is 207 g/mol. The normalized spacial score (nSPS) is 15.7. The van der Waals surface area contributed by atoms with Gasteiger partial charge in [-0.2, -0.15) is 5.10 Å². The molecule has 0 unspecified atom stereocenters. The molecule has 2 heterocycles. The lowest BCUT2D eigenvalue weighted by Crippen LogP contribution is -2.26. The maximum Gasteiger partial charge on any atom is 0.0660 e. The van der Waals surface area contributed by atoms with Crippen LogP contribution < -0.4 is 5.32 Å². The zero-order chi connectivity index (χ0) is 10.8. The summed E-state index contributed by atoms with van der Waals surface area (Å²) in [5, 5.41) is 8.19. The van der Waals surface area contributed by atoms with Crippen molar-refractivity contribution in [1.29, 1.82) is 0 Å². The van der Waals surface area contributed by atoms with Gasteiger partial charge in [0.2, 0.25) is 0 Å². The average Bonchev–Trinajstić information content (AvgIpc) is 2.59. The van der Waals surface area contributed by atoms with Crippen LogP contribution in [0.2, 0.25) is 0 Å². The topological polar surface area (TPSA) is 29.9 Å². The Bertz CT molecular complexity index is 339. The first-order chi connectivity index (χ1) is 7.24. The summed E-state index contributed by atoms with van der Waals surface area (Å²) in [6.45, 7) is 8.73. The van der Waals surface area contributed by atoms with Crippen LogP contribution in [-0.2, 0) is 19.4 Å². The maximum absolute atomic E-state index is 4.76. The van der Waals surface area contributed by atoms with Crippen molar-refractivity contribution in [1.82, 2.24) is 15.1 Å². The molecule has 84 valence electrons. The molecule has 0 aliphatic carbocycles. The van der Waals surface area contributed by atoms with Gasteiger partial charge in [-0.15, -0.1) is 0 Å². The fourth-order valence-corrected chi connectivity index (χ4v) is 2.32. The number of fused-ring (bicyclic) bond motifs is 1. The minimum Gasteiger partial charge on any atom is -0.311 e. The Morgan fingerprint density at radius 1 is 1.47 bits per heavy atom. The van der Waals surface area contributed by atoms with Gasteiger partial charge in [0.05, 0.1) is 11.4 Å². The van der Waals surface area contributed by atoms with Crippen LogP contribution in [0.15, 0.2) is 0 Å². The predicted octanol–water partition coefficient (Wildman–Crippen LogP) is 2.06. The second kappa shape index (κ2) is 4.35. The van der Waals surface area contributed by atoms with Gasteiger partial charge in [0, 0.05) is 12.6 Å². The van der Waals surface area contributed by atoms with Crippen LogP contribution in [0.25, 0.3) is 0 Å². The third kappa shape index (κ3) is 1.93. The van der Waals surface area contributed by atoms with Crippen LogP contribution in [0, 0.1) is 0 Å². The van der Waals surface area contributed by atoms with Gasteiger partial charge in [0.1, 0.15) is 0 Å². The minimum absolute atomic E-state index is 0.476. The van der Waals surface area contributed by atoms with Crippen molar-refractivity contribution in [2.45, 2.75) is 52.6 Å². The summed E-state index contributed by atoms with van der Waals surface area (Å²) >= 11 is 0. The first-order valence-electron chi connectivity index (χ1n) is 6.03. The highest BCUT2D eigenvalue weighted by Gasteiger charge is 2.20. The highest BCUT2D eigenvalue weighted by Crippen LogP contribution is 2.22. The third-order valence-electron chi connectivity index (χ3n) is 3.02. The summed E-state index contributed by atoms with van der Waals surface area (Å²) in [6.07, 6.45) is 3.47. The van der Waals surface area contributed by atoms with Gasteiger partial charge >= 0.3 is 0 Å². The number of aromatic nitrogens is 2. The second-order valence-electron chi connectivity index (χ2n) is 4.59. The molecule has 1 aromatic rings. The second-order valence-corrected chi connectivity index (χ2v) is 4.59. The van der Waals surface area contributed by atoms with Gasteiger partial charge in [0.15, 0.2) is 0 Å². The molecular weight excluding hydrogens is 186 g/mol. The summed E-state index contributed by atoms with van der Waals surface area (Å²) in [7, 11) is 0. The van der Waals surface area contributed by atoms with E-state index in [4.69, 9.17) is 5.10 Å². The lowest BCUT2D eigenvalue weighted by atomic mass is 10.0. The SMILES string of the molecule is CCCc1nn(C(C)C)c2c1CCNC2. The van der Waals surface area contributed by atoms with Gasteiger partial charge < -0.3 is 5.32 Å². The van der Waals surface area contributed by atoms with E-state index in [-0.39, 0.29) is 0 Å². The lowest BCUT2D eigenvalue weighted by molar-refractivity contribution is 0.484. The van der Waals surface area contributed by atoms with Crippen molar-refractivity contribution < 1.29 is 0 Å². The fraction of sp³-hybridized carbons (Fsp3) is 0.750. The van der Waals surface area contributed by atoms with E-state index in [0.717, 1.165) is 25.9 Å². The molecule has 0 atom stereocenters. The molecule has 15 heavy (non-hydrogen) atoms. The van der Waals surface area contributed by atoms with E-state index in [1.807, 2.05) is 0 Å². The smallest absolute Gasteiger partial charge is 0.0660 e. The number of hydrogen-bond acceptors (Lipinski definition) is 2. The van der Waals surface area contributed by atoms with Crippen LogP contribution >= 0.6 is 0 Å². The molecule has 0 amide bonds. The molecule has 0 spiro atoms.